The Bertz CT molecular complexity index is 382. The molecule has 0 spiro atoms. The number of carboxylic acids is 1. The van der Waals surface area contributed by atoms with Crippen LogP contribution >= 0.6 is 0 Å². The van der Waals surface area contributed by atoms with E-state index in [1.165, 1.54) is 6.92 Å². The summed E-state index contributed by atoms with van der Waals surface area (Å²) in [5, 5.41) is 8.76. The number of Topliss-reactive ketones (excluding diaryl/α,β-unsaturated/α-hetero) is 1. The van der Waals surface area contributed by atoms with Gasteiger partial charge in [0.25, 0.3) is 0 Å². The zero-order chi connectivity index (χ0) is 11.4. The minimum Gasteiger partial charge on any atom is -0.481 e. The van der Waals surface area contributed by atoms with Crippen molar-refractivity contribution in [1.82, 2.24) is 0 Å². The summed E-state index contributed by atoms with van der Waals surface area (Å²) in [5.74, 6) is -2.37. The first kappa shape index (κ1) is 11.4. The molecule has 1 unspecified atom stereocenters. The maximum Gasteiger partial charge on any atom is 0.314 e. The number of hydrogen-bond acceptors (Lipinski definition) is 2. The lowest BCUT2D eigenvalue weighted by Gasteiger charge is -2.09. The van der Waals surface area contributed by atoms with Crippen LogP contribution in [0.4, 0.5) is 0 Å². The Balaban J connectivity index is 3.05. The van der Waals surface area contributed by atoms with Crippen LogP contribution in [0.2, 0.25) is 0 Å². The molecule has 1 N–H and O–H groups in total. The minimum atomic E-state index is -1.08. The third-order valence-electron chi connectivity index (χ3n) is 2.43. The monoisotopic (exact) mass is 206 g/mol. The van der Waals surface area contributed by atoms with E-state index in [0.717, 1.165) is 12.0 Å². The van der Waals surface area contributed by atoms with Gasteiger partial charge in [0, 0.05) is 5.56 Å². The summed E-state index contributed by atoms with van der Waals surface area (Å²) in [5.41, 5.74) is 1.42. The second kappa shape index (κ2) is 4.73. The van der Waals surface area contributed by atoms with Crippen LogP contribution in [0.25, 0.3) is 0 Å². The number of ketones is 1. The lowest BCUT2D eigenvalue weighted by Crippen LogP contribution is -2.21. The summed E-state index contributed by atoms with van der Waals surface area (Å²) < 4.78 is 0. The molecule has 0 heterocycles. The highest BCUT2D eigenvalue weighted by atomic mass is 16.4. The predicted molar refractivity (Wildman–Crippen MR) is 57.0 cm³/mol. The molecule has 0 aromatic heterocycles. The molecule has 0 aliphatic rings. The molecule has 0 radical (unpaired) electrons. The molecule has 3 heteroatoms. The van der Waals surface area contributed by atoms with Gasteiger partial charge in [-0.1, -0.05) is 31.2 Å². The second-order valence-electron chi connectivity index (χ2n) is 3.43. The highest BCUT2D eigenvalue weighted by Gasteiger charge is 2.23. The fraction of sp³-hybridized carbons (Fsp3) is 0.333. The number of aliphatic carboxylic acids is 1. The van der Waals surface area contributed by atoms with Crippen molar-refractivity contribution in [3.05, 3.63) is 35.4 Å². The maximum absolute atomic E-state index is 11.8. The van der Waals surface area contributed by atoms with Crippen molar-refractivity contribution in [1.29, 1.82) is 0 Å². The van der Waals surface area contributed by atoms with Crippen LogP contribution in [0.3, 0.4) is 0 Å². The fourth-order valence-electron chi connectivity index (χ4n) is 1.41. The number of carbonyl (C=O) groups excluding carboxylic acids is 1. The molecule has 1 rings (SSSR count). The molecule has 0 fully saturated rings. The summed E-state index contributed by atoms with van der Waals surface area (Å²) >= 11 is 0. The first-order valence-corrected chi connectivity index (χ1v) is 4.92. The molecular weight excluding hydrogens is 192 g/mol. The molecule has 1 aromatic rings. The number of carboxylic acid groups (broad SMARTS) is 1. The van der Waals surface area contributed by atoms with E-state index in [-0.39, 0.29) is 5.78 Å². The fourth-order valence-corrected chi connectivity index (χ4v) is 1.41. The molecule has 1 atom stereocenters. The third kappa shape index (κ3) is 2.43. The minimum absolute atomic E-state index is 0.319. The first-order valence-electron chi connectivity index (χ1n) is 4.92. The summed E-state index contributed by atoms with van der Waals surface area (Å²) in [6.07, 6.45) is 0.730. The van der Waals surface area contributed by atoms with Crippen LogP contribution in [-0.2, 0) is 11.2 Å². The Kier molecular flexibility index (Phi) is 3.61. The Morgan fingerprint density at radius 3 is 2.47 bits per heavy atom. The van der Waals surface area contributed by atoms with Crippen molar-refractivity contribution in [3.63, 3.8) is 0 Å². The molecule has 0 amide bonds. The van der Waals surface area contributed by atoms with Crippen LogP contribution in [0, 0.1) is 5.92 Å². The van der Waals surface area contributed by atoms with Gasteiger partial charge in [-0.2, -0.15) is 0 Å². The molecule has 0 bridgehead atoms. The lowest BCUT2D eigenvalue weighted by atomic mass is 9.94. The second-order valence-corrected chi connectivity index (χ2v) is 3.43. The third-order valence-corrected chi connectivity index (χ3v) is 2.43. The SMILES string of the molecule is CCc1ccccc1C(=O)C(C)C(=O)O. The van der Waals surface area contributed by atoms with Gasteiger partial charge < -0.3 is 5.11 Å². The van der Waals surface area contributed by atoms with E-state index in [4.69, 9.17) is 5.11 Å². The number of rotatable bonds is 4. The molecule has 0 saturated heterocycles. The molecule has 15 heavy (non-hydrogen) atoms. The van der Waals surface area contributed by atoms with E-state index in [1.807, 2.05) is 19.1 Å². The van der Waals surface area contributed by atoms with Crippen LogP contribution in [-0.4, -0.2) is 16.9 Å². The van der Waals surface area contributed by atoms with E-state index in [2.05, 4.69) is 0 Å². The summed E-state index contributed by atoms with van der Waals surface area (Å²) in [6.45, 7) is 3.36. The Morgan fingerprint density at radius 1 is 1.33 bits per heavy atom. The van der Waals surface area contributed by atoms with Gasteiger partial charge in [0.1, 0.15) is 5.92 Å². The predicted octanol–water partition coefficient (Wildman–Crippen LogP) is 2.15. The van der Waals surface area contributed by atoms with E-state index in [0.29, 0.717) is 5.56 Å². The number of benzene rings is 1. The van der Waals surface area contributed by atoms with Gasteiger partial charge in [-0.3, -0.25) is 9.59 Å². The highest BCUT2D eigenvalue weighted by Crippen LogP contribution is 2.14. The number of hydrogen-bond donors (Lipinski definition) is 1. The van der Waals surface area contributed by atoms with Gasteiger partial charge in [0.05, 0.1) is 0 Å². The van der Waals surface area contributed by atoms with Crippen molar-refractivity contribution in [2.24, 2.45) is 5.92 Å². The van der Waals surface area contributed by atoms with Crippen molar-refractivity contribution >= 4 is 11.8 Å². The van der Waals surface area contributed by atoms with Crippen molar-refractivity contribution in [2.45, 2.75) is 20.3 Å². The first-order chi connectivity index (χ1) is 7.07. The number of aryl methyl sites for hydroxylation is 1. The Labute approximate surface area is 88.7 Å². The van der Waals surface area contributed by atoms with Gasteiger partial charge in [-0.25, -0.2) is 0 Å². The molecule has 3 nitrogen and oxygen atoms in total. The van der Waals surface area contributed by atoms with E-state index < -0.39 is 11.9 Å². The zero-order valence-electron chi connectivity index (χ0n) is 8.86. The van der Waals surface area contributed by atoms with Gasteiger partial charge in [-0.15, -0.1) is 0 Å². The standard InChI is InChI=1S/C12H14O3/c1-3-9-6-4-5-7-10(9)11(13)8(2)12(14)15/h4-8H,3H2,1-2H3,(H,14,15). The summed E-state index contributed by atoms with van der Waals surface area (Å²) in [6, 6.07) is 7.13. The molecule has 0 aliphatic carbocycles. The van der Waals surface area contributed by atoms with Crippen molar-refractivity contribution in [2.75, 3.05) is 0 Å². The molecule has 0 saturated carbocycles. The molecular formula is C12H14O3. The maximum atomic E-state index is 11.8. The van der Waals surface area contributed by atoms with Crippen LogP contribution in [0.15, 0.2) is 24.3 Å². The summed E-state index contributed by atoms with van der Waals surface area (Å²) in [7, 11) is 0. The normalized spacial score (nSPS) is 12.1. The van der Waals surface area contributed by atoms with Gasteiger partial charge in [-0.05, 0) is 18.9 Å². The quantitative estimate of drug-likeness (QED) is 0.606. The summed E-state index contributed by atoms with van der Waals surface area (Å²) in [4.78, 5) is 22.5. The van der Waals surface area contributed by atoms with Gasteiger partial charge >= 0.3 is 5.97 Å². The van der Waals surface area contributed by atoms with E-state index in [9.17, 15) is 9.59 Å². The molecule has 0 aliphatic heterocycles. The average Bonchev–Trinajstić information content (AvgIpc) is 2.26. The van der Waals surface area contributed by atoms with Crippen LogP contribution in [0.5, 0.6) is 0 Å². The molecule has 80 valence electrons. The van der Waals surface area contributed by atoms with Crippen molar-refractivity contribution < 1.29 is 14.7 Å². The van der Waals surface area contributed by atoms with Crippen LogP contribution in [0.1, 0.15) is 29.8 Å². The van der Waals surface area contributed by atoms with Crippen LogP contribution < -0.4 is 0 Å². The number of carbonyl (C=O) groups is 2. The highest BCUT2D eigenvalue weighted by molar-refractivity contribution is 6.08. The largest absolute Gasteiger partial charge is 0.481 e. The average molecular weight is 206 g/mol. The van der Waals surface area contributed by atoms with E-state index >= 15 is 0 Å². The van der Waals surface area contributed by atoms with Gasteiger partial charge in [0.15, 0.2) is 5.78 Å². The molecule has 1 aromatic carbocycles. The van der Waals surface area contributed by atoms with E-state index in [1.54, 1.807) is 12.1 Å². The smallest absolute Gasteiger partial charge is 0.314 e. The topological polar surface area (TPSA) is 54.4 Å². The Morgan fingerprint density at radius 2 is 1.93 bits per heavy atom. The van der Waals surface area contributed by atoms with Crippen molar-refractivity contribution in [3.8, 4) is 0 Å². The van der Waals surface area contributed by atoms with Gasteiger partial charge in [0.2, 0.25) is 0 Å². The Hall–Kier alpha value is -1.64. The lowest BCUT2D eigenvalue weighted by molar-refractivity contribution is -0.139. The zero-order valence-corrected chi connectivity index (χ0v) is 8.86.